The van der Waals surface area contributed by atoms with Crippen molar-refractivity contribution >= 4 is 6.29 Å². The van der Waals surface area contributed by atoms with Gasteiger partial charge in [-0.05, 0) is 24.3 Å². The third-order valence-corrected chi connectivity index (χ3v) is 4.26. The lowest BCUT2D eigenvalue weighted by Gasteiger charge is -2.25. The number of aldehydes is 1. The lowest BCUT2D eigenvalue weighted by molar-refractivity contribution is -0.109. The average Bonchev–Trinajstić information content (AvgIpc) is 2.92. The zero-order valence-electron chi connectivity index (χ0n) is 9.54. The fourth-order valence-corrected chi connectivity index (χ4v) is 3.25. The number of rotatable bonds is 3. The van der Waals surface area contributed by atoms with E-state index in [-0.39, 0.29) is 0 Å². The number of hydrogen-bond acceptors (Lipinski definition) is 2. The van der Waals surface area contributed by atoms with E-state index in [2.05, 4.69) is 42.2 Å². The van der Waals surface area contributed by atoms with Crippen LogP contribution >= 0.6 is 0 Å². The van der Waals surface area contributed by atoms with Gasteiger partial charge < -0.3 is 4.79 Å². The first kappa shape index (κ1) is 10.0. The van der Waals surface area contributed by atoms with Gasteiger partial charge in [-0.2, -0.15) is 0 Å². The van der Waals surface area contributed by atoms with Crippen LogP contribution in [0.5, 0.6) is 0 Å². The summed E-state index contributed by atoms with van der Waals surface area (Å²) in [4.78, 5) is 13.3. The minimum Gasteiger partial charge on any atom is -0.303 e. The Morgan fingerprint density at radius 3 is 2.69 bits per heavy atom. The third-order valence-electron chi connectivity index (χ3n) is 4.26. The summed E-state index contributed by atoms with van der Waals surface area (Å²) in [6.45, 7) is 4.39. The van der Waals surface area contributed by atoms with E-state index in [1.54, 1.807) is 0 Å². The normalized spacial score (nSPS) is 37.1. The summed E-state index contributed by atoms with van der Waals surface area (Å²) in [5.41, 5.74) is 1.37. The fraction of sp³-hybridized carbons (Fsp3) is 0.500. The molecule has 16 heavy (non-hydrogen) atoms. The summed E-state index contributed by atoms with van der Waals surface area (Å²) in [6.07, 6.45) is 1.16. The standard InChI is InChI=1S/C14H17NO/c1-10-14-12(13(14)9-16)8-15(10)7-11-5-3-2-4-6-11/h2-6,9-10,12-14H,7-8H2,1H3/t10-,12+,13+,14+/m1/s1. The van der Waals surface area contributed by atoms with Gasteiger partial charge in [0, 0.05) is 25.0 Å². The number of piperidine rings is 1. The second kappa shape index (κ2) is 3.70. The Hall–Kier alpha value is -1.15. The van der Waals surface area contributed by atoms with Crippen LogP contribution in [0.4, 0.5) is 0 Å². The zero-order valence-corrected chi connectivity index (χ0v) is 9.54. The Labute approximate surface area is 96.3 Å². The molecule has 4 atom stereocenters. The van der Waals surface area contributed by atoms with Gasteiger partial charge in [-0.1, -0.05) is 30.3 Å². The molecule has 0 aromatic heterocycles. The van der Waals surface area contributed by atoms with Gasteiger partial charge in [-0.25, -0.2) is 0 Å². The second-order valence-corrected chi connectivity index (χ2v) is 5.11. The molecule has 1 aliphatic carbocycles. The molecule has 0 amide bonds. The summed E-state index contributed by atoms with van der Waals surface area (Å²) in [6, 6.07) is 11.1. The summed E-state index contributed by atoms with van der Waals surface area (Å²) in [7, 11) is 0. The van der Waals surface area contributed by atoms with Crippen molar-refractivity contribution < 1.29 is 4.79 Å². The Morgan fingerprint density at radius 1 is 1.38 bits per heavy atom. The fourth-order valence-electron chi connectivity index (χ4n) is 3.25. The van der Waals surface area contributed by atoms with E-state index in [1.807, 2.05) is 0 Å². The summed E-state index contributed by atoms with van der Waals surface area (Å²) < 4.78 is 0. The van der Waals surface area contributed by atoms with Gasteiger partial charge in [0.1, 0.15) is 6.29 Å². The Bertz CT molecular complexity index is 389. The lowest BCUT2D eigenvalue weighted by Crippen LogP contribution is -2.31. The molecule has 1 saturated heterocycles. The molecule has 1 aliphatic heterocycles. The van der Waals surface area contributed by atoms with E-state index in [0.717, 1.165) is 19.4 Å². The predicted molar refractivity (Wildman–Crippen MR) is 62.8 cm³/mol. The Morgan fingerprint density at radius 2 is 2.12 bits per heavy atom. The molecule has 0 radical (unpaired) electrons. The van der Waals surface area contributed by atoms with Crippen LogP contribution in [0.25, 0.3) is 0 Å². The van der Waals surface area contributed by atoms with Crippen molar-refractivity contribution in [3.8, 4) is 0 Å². The maximum absolute atomic E-state index is 10.8. The molecule has 0 unspecified atom stereocenters. The highest BCUT2D eigenvalue weighted by Crippen LogP contribution is 2.54. The van der Waals surface area contributed by atoms with Crippen LogP contribution in [0, 0.1) is 17.8 Å². The number of carbonyl (C=O) groups is 1. The first-order valence-corrected chi connectivity index (χ1v) is 6.04. The van der Waals surface area contributed by atoms with E-state index >= 15 is 0 Å². The summed E-state index contributed by atoms with van der Waals surface area (Å²) in [5.74, 6) is 1.65. The van der Waals surface area contributed by atoms with Crippen molar-refractivity contribution in [3.63, 3.8) is 0 Å². The van der Waals surface area contributed by atoms with Gasteiger partial charge in [0.2, 0.25) is 0 Å². The molecule has 1 heterocycles. The molecule has 0 spiro atoms. The molecule has 0 N–H and O–H groups in total. The molecule has 2 aliphatic rings. The topological polar surface area (TPSA) is 20.3 Å². The van der Waals surface area contributed by atoms with Crippen LogP contribution in [0.2, 0.25) is 0 Å². The minimum absolute atomic E-state index is 0.363. The molecular weight excluding hydrogens is 198 g/mol. The minimum atomic E-state index is 0.363. The van der Waals surface area contributed by atoms with Crippen molar-refractivity contribution in [1.29, 1.82) is 0 Å². The predicted octanol–water partition coefficient (Wildman–Crippen LogP) is 1.95. The maximum Gasteiger partial charge on any atom is 0.123 e. The van der Waals surface area contributed by atoms with Crippen LogP contribution < -0.4 is 0 Å². The lowest BCUT2D eigenvalue weighted by atomic mass is 10.1. The van der Waals surface area contributed by atoms with E-state index in [4.69, 9.17) is 0 Å². The van der Waals surface area contributed by atoms with Crippen molar-refractivity contribution in [2.24, 2.45) is 17.8 Å². The molecule has 2 heteroatoms. The number of nitrogens with zero attached hydrogens (tertiary/aromatic N) is 1. The highest BCUT2D eigenvalue weighted by Gasteiger charge is 2.59. The van der Waals surface area contributed by atoms with E-state index in [1.165, 1.54) is 5.56 Å². The molecule has 0 bridgehead atoms. The van der Waals surface area contributed by atoms with Crippen molar-refractivity contribution in [1.82, 2.24) is 4.90 Å². The quantitative estimate of drug-likeness (QED) is 0.718. The van der Waals surface area contributed by atoms with Crippen molar-refractivity contribution in [2.45, 2.75) is 19.5 Å². The number of fused-ring (bicyclic) bond motifs is 1. The van der Waals surface area contributed by atoms with Crippen molar-refractivity contribution in [2.75, 3.05) is 6.54 Å². The SMILES string of the molecule is C[C@@H]1[C@@H]2[C@@H](C=O)[C@@H]2CN1Cc1ccccc1. The van der Waals surface area contributed by atoms with Crippen LogP contribution in [-0.4, -0.2) is 23.8 Å². The number of likely N-dealkylation sites (tertiary alicyclic amines) is 1. The summed E-state index contributed by atoms with van der Waals surface area (Å²) in [5, 5.41) is 0. The van der Waals surface area contributed by atoms with E-state index in [0.29, 0.717) is 23.8 Å². The van der Waals surface area contributed by atoms with Gasteiger partial charge in [-0.3, -0.25) is 4.90 Å². The third kappa shape index (κ3) is 1.49. The number of benzene rings is 1. The van der Waals surface area contributed by atoms with Crippen molar-refractivity contribution in [3.05, 3.63) is 35.9 Å². The van der Waals surface area contributed by atoms with Crippen LogP contribution in [0.15, 0.2) is 30.3 Å². The molecule has 1 aromatic rings. The van der Waals surface area contributed by atoms with E-state index < -0.39 is 0 Å². The van der Waals surface area contributed by atoms with Gasteiger partial charge in [0.15, 0.2) is 0 Å². The second-order valence-electron chi connectivity index (χ2n) is 5.11. The van der Waals surface area contributed by atoms with Gasteiger partial charge in [0.25, 0.3) is 0 Å². The molecule has 2 nitrogen and oxygen atoms in total. The van der Waals surface area contributed by atoms with Crippen LogP contribution in [0.1, 0.15) is 12.5 Å². The van der Waals surface area contributed by atoms with E-state index in [9.17, 15) is 4.79 Å². The number of hydrogen-bond donors (Lipinski definition) is 0. The molecular formula is C14H17NO. The van der Waals surface area contributed by atoms with Gasteiger partial charge >= 0.3 is 0 Å². The highest BCUT2D eigenvalue weighted by atomic mass is 16.1. The average molecular weight is 215 g/mol. The Kier molecular flexibility index (Phi) is 2.32. The molecule has 2 fully saturated rings. The molecule has 3 rings (SSSR count). The van der Waals surface area contributed by atoms with Crippen LogP contribution in [0.3, 0.4) is 0 Å². The largest absolute Gasteiger partial charge is 0.303 e. The first-order chi connectivity index (χ1) is 7.81. The maximum atomic E-state index is 10.8. The molecule has 1 saturated carbocycles. The number of carbonyl (C=O) groups excluding carboxylic acids is 1. The highest BCUT2D eigenvalue weighted by molar-refractivity contribution is 5.60. The molecule has 1 aromatic carbocycles. The molecule has 84 valence electrons. The van der Waals surface area contributed by atoms with Crippen LogP contribution in [-0.2, 0) is 11.3 Å². The smallest absolute Gasteiger partial charge is 0.123 e. The zero-order chi connectivity index (χ0) is 11.1. The van der Waals surface area contributed by atoms with Gasteiger partial charge in [-0.15, -0.1) is 0 Å². The summed E-state index contributed by atoms with van der Waals surface area (Å²) >= 11 is 0. The van der Waals surface area contributed by atoms with Gasteiger partial charge in [0.05, 0.1) is 0 Å². The monoisotopic (exact) mass is 215 g/mol. The first-order valence-electron chi connectivity index (χ1n) is 6.04. The Balaban J connectivity index is 1.65.